The monoisotopic (exact) mass is 189 g/mol. The predicted octanol–water partition coefficient (Wildman–Crippen LogP) is 1.86. The van der Waals surface area contributed by atoms with Gasteiger partial charge in [0.2, 0.25) is 0 Å². The van der Waals surface area contributed by atoms with Gasteiger partial charge in [-0.15, -0.1) is 0 Å². The molecule has 1 saturated heterocycles. The average Bonchev–Trinajstić information content (AvgIpc) is 2.77. The van der Waals surface area contributed by atoms with Crippen molar-refractivity contribution in [3.63, 3.8) is 0 Å². The Morgan fingerprint density at radius 3 is 2.71 bits per heavy atom. The first-order chi connectivity index (χ1) is 6.75. The lowest BCUT2D eigenvalue weighted by atomic mass is 9.90. The second kappa shape index (κ2) is 2.58. The lowest BCUT2D eigenvalue weighted by molar-refractivity contribution is 0.0696. The molecule has 2 atom stereocenters. The molecule has 2 unspecified atom stereocenters. The molecule has 0 saturated carbocycles. The zero-order valence-electron chi connectivity index (χ0n) is 7.66. The van der Waals surface area contributed by atoms with Gasteiger partial charge in [0.25, 0.3) is 0 Å². The normalized spacial score (nSPS) is 27.7. The molecule has 1 fully saturated rings. The van der Waals surface area contributed by atoms with Gasteiger partial charge in [0, 0.05) is 12.1 Å². The molecule has 1 aromatic carbocycles. The van der Waals surface area contributed by atoms with E-state index in [1.807, 2.05) is 12.1 Å². The van der Waals surface area contributed by atoms with Gasteiger partial charge in [-0.3, -0.25) is 0 Å². The quantitative estimate of drug-likeness (QED) is 0.709. The van der Waals surface area contributed by atoms with Crippen molar-refractivity contribution in [2.24, 2.45) is 0 Å². The second-order valence-electron chi connectivity index (χ2n) is 4.00. The van der Waals surface area contributed by atoms with Gasteiger partial charge in [-0.25, -0.2) is 4.79 Å². The number of rotatable bonds is 1. The van der Waals surface area contributed by atoms with Gasteiger partial charge in [0.05, 0.1) is 5.56 Å². The van der Waals surface area contributed by atoms with Crippen molar-refractivity contribution in [2.75, 3.05) is 0 Å². The lowest BCUT2D eigenvalue weighted by Gasteiger charge is -2.12. The summed E-state index contributed by atoms with van der Waals surface area (Å²) in [4.78, 5) is 10.8. The minimum atomic E-state index is -0.837. The van der Waals surface area contributed by atoms with Gasteiger partial charge in [-0.1, -0.05) is 6.07 Å². The van der Waals surface area contributed by atoms with Gasteiger partial charge in [-0.05, 0) is 36.1 Å². The van der Waals surface area contributed by atoms with Gasteiger partial charge in [0.15, 0.2) is 0 Å². The second-order valence-corrected chi connectivity index (χ2v) is 4.00. The molecule has 3 nitrogen and oxygen atoms in total. The summed E-state index contributed by atoms with van der Waals surface area (Å²) in [5, 5.41) is 12.3. The molecule has 0 aliphatic carbocycles. The highest BCUT2D eigenvalue weighted by molar-refractivity contribution is 5.88. The third kappa shape index (κ3) is 0.930. The SMILES string of the molecule is O=C(O)c1ccc2c(c1)C1CCC2N1. The van der Waals surface area contributed by atoms with Crippen molar-refractivity contribution in [3.8, 4) is 0 Å². The highest BCUT2D eigenvalue weighted by Crippen LogP contribution is 2.44. The van der Waals surface area contributed by atoms with Crippen molar-refractivity contribution in [1.29, 1.82) is 0 Å². The van der Waals surface area contributed by atoms with E-state index in [0.29, 0.717) is 17.6 Å². The first-order valence-corrected chi connectivity index (χ1v) is 4.89. The number of aromatic carboxylic acids is 1. The summed E-state index contributed by atoms with van der Waals surface area (Å²) >= 11 is 0. The van der Waals surface area contributed by atoms with Crippen LogP contribution in [0.2, 0.25) is 0 Å². The Morgan fingerprint density at radius 2 is 2.00 bits per heavy atom. The predicted molar refractivity (Wildman–Crippen MR) is 51.3 cm³/mol. The van der Waals surface area contributed by atoms with Crippen molar-refractivity contribution in [1.82, 2.24) is 5.32 Å². The van der Waals surface area contributed by atoms with Gasteiger partial charge < -0.3 is 10.4 Å². The zero-order chi connectivity index (χ0) is 9.71. The number of hydrogen-bond acceptors (Lipinski definition) is 2. The first-order valence-electron chi connectivity index (χ1n) is 4.89. The summed E-state index contributed by atoms with van der Waals surface area (Å²) in [6, 6.07) is 6.33. The number of benzene rings is 1. The molecule has 72 valence electrons. The fraction of sp³-hybridized carbons (Fsp3) is 0.364. The summed E-state index contributed by atoms with van der Waals surface area (Å²) in [5.41, 5.74) is 2.89. The summed E-state index contributed by atoms with van der Waals surface area (Å²) in [6.07, 6.45) is 2.32. The maximum atomic E-state index is 10.8. The Balaban J connectivity index is 2.12. The van der Waals surface area contributed by atoms with Crippen molar-refractivity contribution in [3.05, 3.63) is 34.9 Å². The standard InChI is InChI=1S/C11H11NO2/c13-11(14)6-1-2-7-8(5-6)10-4-3-9(7)12-10/h1-2,5,9-10,12H,3-4H2,(H,13,14). The zero-order valence-corrected chi connectivity index (χ0v) is 7.66. The highest BCUT2D eigenvalue weighted by Gasteiger charge is 2.36. The number of nitrogens with one attached hydrogen (secondary N) is 1. The number of fused-ring (bicyclic) bond motifs is 5. The molecule has 2 bridgehead atoms. The minimum absolute atomic E-state index is 0.397. The Hall–Kier alpha value is -1.35. The van der Waals surface area contributed by atoms with E-state index in [0.717, 1.165) is 6.42 Å². The van der Waals surface area contributed by atoms with E-state index in [-0.39, 0.29) is 0 Å². The van der Waals surface area contributed by atoms with Crippen LogP contribution >= 0.6 is 0 Å². The van der Waals surface area contributed by atoms with Crippen LogP contribution in [0.3, 0.4) is 0 Å². The maximum absolute atomic E-state index is 10.8. The molecule has 0 radical (unpaired) electrons. The maximum Gasteiger partial charge on any atom is 0.335 e. The van der Waals surface area contributed by atoms with Crippen LogP contribution in [0.25, 0.3) is 0 Å². The Morgan fingerprint density at radius 1 is 1.29 bits per heavy atom. The third-order valence-electron chi connectivity index (χ3n) is 3.23. The molecular weight excluding hydrogens is 178 g/mol. The van der Waals surface area contributed by atoms with Gasteiger partial charge in [0.1, 0.15) is 0 Å². The largest absolute Gasteiger partial charge is 0.478 e. The van der Waals surface area contributed by atoms with E-state index in [1.165, 1.54) is 17.5 Å². The van der Waals surface area contributed by atoms with Crippen LogP contribution in [0.15, 0.2) is 18.2 Å². The van der Waals surface area contributed by atoms with Crippen LogP contribution in [-0.2, 0) is 0 Å². The van der Waals surface area contributed by atoms with E-state index in [2.05, 4.69) is 5.32 Å². The fourth-order valence-electron chi connectivity index (χ4n) is 2.56. The van der Waals surface area contributed by atoms with Crippen molar-refractivity contribution in [2.45, 2.75) is 24.9 Å². The van der Waals surface area contributed by atoms with Gasteiger partial charge >= 0.3 is 5.97 Å². The Kier molecular flexibility index (Phi) is 1.47. The molecule has 1 aromatic rings. The van der Waals surface area contributed by atoms with E-state index < -0.39 is 5.97 Å². The molecular formula is C11H11NO2. The molecule has 14 heavy (non-hydrogen) atoms. The van der Waals surface area contributed by atoms with E-state index >= 15 is 0 Å². The van der Waals surface area contributed by atoms with Crippen LogP contribution < -0.4 is 5.32 Å². The first kappa shape index (κ1) is 8.00. The van der Waals surface area contributed by atoms with E-state index in [4.69, 9.17) is 5.11 Å². The van der Waals surface area contributed by atoms with Crippen LogP contribution in [0.1, 0.15) is 46.4 Å². The molecule has 2 aliphatic rings. The molecule has 2 heterocycles. The lowest BCUT2D eigenvalue weighted by Crippen LogP contribution is -2.06. The number of hydrogen-bond donors (Lipinski definition) is 2. The Bertz CT molecular complexity index is 414. The van der Waals surface area contributed by atoms with Crippen LogP contribution in [-0.4, -0.2) is 11.1 Å². The van der Waals surface area contributed by atoms with Crippen molar-refractivity contribution >= 4 is 5.97 Å². The number of carbonyl (C=O) groups is 1. The third-order valence-corrected chi connectivity index (χ3v) is 3.23. The molecule has 0 spiro atoms. The average molecular weight is 189 g/mol. The fourth-order valence-corrected chi connectivity index (χ4v) is 2.56. The van der Waals surface area contributed by atoms with Crippen LogP contribution in [0.5, 0.6) is 0 Å². The summed E-state index contributed by atoms with van der Waals surface area (Å²) < 4.78 is 0. The molecule has 3 rings (SSSR count). The van der Waals surface area contributed by atoms with Crippen molar-refractivity contribution < 1.29 is 9.90 Å². The smallest absolute Gasteiger partial charge is 0.335 e. The van der Waals surface area contributed by atoms with Crippen LogP contribution in [0, 0.1) is 0 Å². The number of carboxylic acids is 1. The van der Waals surface area contributed by atoms with Gasteiger partial charge in [-0.2, -0.15) is 0 Å². The molecule has 2 aliphatic heterocycles. The molecule has 0 aromatic heterocycles. The summed E-state index contributed by atoms with van der Waals surface area (Å²) in [5.74, 6) is -0.837. The van der Waals surface area contributed by atoms with Crippen LogP contribution in [0.4, 0.5) is 0 Å². The molecule has 0 amide bonds. The molecule has 3 heteroatoms. The molecule has 2 N–H and O–H groups in total. The Labute approximate surface area is 81.8 Å². The van der Waals surface area contributed by atoms with E-state index in [9.17, 15) is 4.79 Å². The summed E-state index contributed by atoms with van der Waals surface area (Å²) in [7, 11) is 0. The topological polar surface area (TPSA) is 49.3 Å². The summed E-state index contributed by atoms with van der Waals surface area (Å²) in [6.45, 7) is 0. The number of carboxylic acid groups (broad SMARTS) is 1. The highest BCUT2D eigenvalue weighted by atomic mass is 16.4. The van der Waals surface area contributed by atoms with E-state index in [1.54, 1.807) is 6.07 Å². The minimum Gasteiger partial charge on any atom is -0.478 e.